The minimum Gasteiger partial charge on any atom is -0.349 e. The smallest absolute Gasteiger partial charge is 0.219 e. The molecule has 31 heavy (non-hydrogen) atoms. The van der Waals surface area contributed by atoms with E-state index in [2.05, 4.69) is 5.32 Å². The SMILES string of the molecule is Cc1cc(C)cc(N/C(SCc2ccc(Cl)cc2)=C(/C#N)S(=O)(=O)c2ccccc2)c1. The molecular weight excluding hydrogens is 448 g/mol. The fourth-order valence-corrected chi connectivity index (χ4v) is 5.69. The minimum atomic E-state index is -3.99. The fourth-order valence-electron chi connectivity index (χ4n) is 3.02. The van der Waals surface area contributed by atoms with E-state index in [1.54, 1.807) is 30.3 Å². The number of anilines is 1. The molecule has 0 radical (unpaired) electrons. The van der Waals surface area contributed by atoms with Gasteiger partial charge in [0.15, 0.2) is 4.91 Å². The molecule has 7 heteroatoms. The Labute approximate surface area is 192 Å². The normalized spacial score (nSPS) is 12.1. The van der Waals surface area contributed by atoms with E-state index >= 15 is 0 Å². The summed E-state index contributed by atoms with van der Waals surface area (Å²) in [5.74, 6) is 0.472. The third kappa shape index (κ3) is 5.92. The van der Waals surface area contributed by atoms with Gasteiger partial charge in [0.05, 0.1) is 4.90 Å². The second kappa shape index (κ2) is 10.1. The van der Waals surface area contributed by atoms with Crippen LogP contribution in [0.3, 0.4) is 0 Å². The Morgan fingerprint density at radius 1 is 1.00 bits per heavy atom. The van der Waals surface area contributed by atoms with Gasteiger partial charge in [-0.05, 0) is 66.9 Å². The van der Waals surface area contributed by atoms with Gasteiger partial charge in [0.2, 0.25) is 9.84 Å². The summed E-state index contributed by atoms with van der Waals surface area (Å²) >= 11 is 7.23. The molecule has 0 atom stereocenters. The molecule has 0 heterocycles. The lowest BCUT2D eigenvalue weighted by Gasteiger charge is -2.15. The number of hydrogen-bond donors (Lipinski definition) is 1. The summed E-state index contributed by atoms with van der Waals surface area (Å²) in [7, 11) is -3.99. The molecule has 0 aliphatic heterocycles. The zero-order valence-corrected chi connectivity index (χ0v) is 19.5. The van der Waals surface area contributed by atoms with Crippen LogP contribution in [0.4, 0.5) is 5.69 Å². The lowest BCUT2D eigenvalue weighted by Crippen LogP contribution is -2.10. The predicted octanol–water partition coefficient (Wildman–Crippen LogP) is 6.47. The number of thioether (sulfide) groups is 1. The van der Waals surface area contributed by atoms with E-state index in [1.165, 1.54) is 23.9 Å². The average Bonchev–Trinajstić information content (AvgIpc) is 2.73. The molecule has 0 aliphatic rings. The zero-order chi connectivity index (χ0) is 22.4. The van der Waals surface area contributed by atoms with Gasteiger partial charge in [0, 0.05) is 16.5 Å². The molecule has 3 rings (SSSR count). The molecule has 0 aliphatic carbocycles. The second-order valence-electron chi connectivity index (χ2n) is 7.00. The molecule has 0 saturated carbocycles. The van der Waals surface area contributed by atoms with Gasteiger partial charge in [0.25, 0.3) is 0 Å². The lowest BCUT2D eigenvalue weighted by atomic mass is 10.1. The van der Waals surface area contributed by atoms with Crippen LogP contribution in [0, 0.1) is 25.2 Å². The van der Waals surface area contributed by atoms with Crippen LogP contribution in [-0.2, 0) is 15.6 Å². The van der Waals surface area contributed by atoms with Crippen molar-refractivity contribution in [2.45, 2.75) is 24.5 Å². The fraction of sp³-hybridized carbons (Fsp3) is 0.125. The van der Waals surface area contributed by atoms with Crippen molar-refractivity contribution in [3.05, 3.63) is 104 Å². The molecule has 4 nitrogen and oxygen atoms in total. The molecular formula is C24H21ClN2O2S2. The highest BCUT2D eigenvalue weighted by atomic mass is 35.5. The highest BCUT2D eigenvalue weighted by Gasteiger charge is 2.25. The van der Waals surface area contributed by atoms with Gasteiger partial charge < -0.3 is 5.32 Å². The summed E-state index contributed by atoms with van der Waals surface area (Å²) in [6.45, 7) is 3.93. The number of nitrogens with one attached hydrogen (secondary N) is 1. The van der Waals surface area contributed by atoms with Crippen molar-refractivity contribution in [3.63, 3.8) is 0 Å². The monoisotopic (exact) mass is 468 g/mol. The van der Waals surface area contributed by atoms with Gasteiger partial charge in [-0.3, -0.25) is 0 Å². The maximum atomic E-state index is 13.2. The quantitative estimate of drug-likeness (QED) is 0.402. The molecule has 0 unspecified atom stereocenters. The summed E-state index contributed by atoms with van der Waals surface area (Å²) in [6, 6.07) is 23.1. The lowest BCUT2D eigenvalue weighted by molar-refractivity contribution is 0.603. The van der Waals surface area contributed by atoms with Gasteiger partial charge in [-0.2, -0.15) is 5.26 Å². The Morgan fingerprint density at radius 3 is 2.19 bits per heavy atom. The molecule has 0 aromatic heterocycles. The van der Waals surface area contributed by atoms with E-state index in [9.17, 15) is 13.7 Å². The third-order valence-corrected chi connectivity index (χ3v) is 7.59. The van der Waals surface area contributed by atoms with Crippen molar-refractivity contribution in [1.29, 1.82) is 5.26 Å². The highest BCUT2D eigenvalue weighted by molar-refractivity contribution is 8.04. The van der Waals surface area contributed by atoms with E-state index in [0.29, 0.717) is 10.8 Å². The summed E-state index contributed by atoms with van der Waals surface area (Å²) in [4.78, 5) is -0.227. The topological polar surface area (TPSA) is 70.0 Å². The van der Waals surface area contributed by atoms with Crippen molar-refractivity contribution in [2.75, 3.05) is 5.32 Å². The first-order chi connectivity index (χ1) is 14.8. The zero-order valence-electron chi connectivity index (χ0n) is 17.1. The van der Waals surface area contributed by atoms with Crippen molar-refractivity contribution >= 4 is 38.9 Å². The Morgan fingerprint density at radius 2 is 1.61 bits per heavy atom. The van der Waals surface area contributed by atoms with Crippen LogP contribution in [0.25, 0.3) is 0 Å². The largest absolute Gasteiger partial charge is 0.349 e. The molecule has 158 valence electrons. The first kappa shape index (κ1) is 23.0. The molecule has 3 aromatic rings. The van der Waals surface area contributed by atoms with Crippen molar-refractivity contribution in [1.82, 2.24) is 0 Å². The van der Waals surface area contributed by atoms with Gasteiger partial charge in [-0.25, -0.2) is 8.42 Å². The molecule has 0 fully saturated rings. The van der Waals surface area contributed by atoms with Crippen molar-refractivity contribution in [2.24, 2.45) is 0 Å². The van der Waals surface area contributed by atoms with Crippen molar-refractivity contribution < 1.29 is 8.42 Å². The molecule has 3 aromatic carbocycles. The summed E-state index contributed by atoms with van der Waals surface area (Å²) in [6.07, 6.45) is 0. The van der Waals surface area contributed by atoms with Crippen LogP contribution in [0.5, 0.6) is 0 Å². The molecule has 0 saturated heterocycles. The van der Waals surface area contributed by atoms with Crippen LogP contribution < -0.4 is 5.32 Å². The summed E-state index contributed by atoms with van der Waals surface area (Å²) < 4.78 is 26.5. The number of benzene rings is 3. The molecule has 1 N–H and O–H groups in total. The van der Waals surface area contributed by atoms with E-state index in [0.717, 1.165) is 22.4 Å². The minimum absolute atomic E-state index is 0.0818. The molecule has 0 amide bonds. The first-order valence-corrected chi connectivity index (χ1v) is 12.3. The number of sulfone groups is 1. The van der Waals surface area contributed by atoms with Gasteiger partial charge in [0.1, 0.15) is 11.1 Å². The van der Waals surface area contributed by atoms with Gasteiger partial charge in [-0.15, -0.1) is 11.8 Å². The number of aryl methyl sites for hydroxylation is 2. The summed E-state index contributed by atoms with van der Waals surface area (Å²) in [5, 5.41) is 14.0. The Balaban J connectivity index is 2.05. The number of hydrogen-bond acceptors (Lipinski definition) is 5. The van der Waals surface area contributed by atoms with E-state index in [1.807, 2.05) is 50.2 Å². The number of rotatable bonds is 7. The van der Waals surface area contributed by atoms with Crippen LogP contribution in [-0.4, -0.2) is 8.42 Å². The Kier molecular flexibility index (Phi) is 7.45. The number of nitrogens with zero attached hydrogens (tertiary/aromatic N) is 1. The van der Waals surface area contributed by atoms with Crippen LogP contribution >= 0.6 is 23.4 Å². The number of halogens is 1. The van der Waals surface area contributed by atoms with Crippen LogP contribution in [0.1, 0.15) is 16.7 Å². The standard InChI is InChI=1S/C24H21ClN2O2S2/c1-17-12-18(2)14-21(13-17)27-24(30-16-19-8-10-20(25)11-9-19)23(15-26)31(28,29)22-6-4-3-5-7-22/h3-14,27H,16H2,1-2H3/b24-23+. The average molecular weight is 469 g/mol. The second-order valence-corrected chi connectivity index (χ2v) is 10.3. The number of nitriles is 1. The van der Waals surface area contributed by atoms with E-state index in [4.69, 9.17) is 11.6 Å². The molecule has 0 spiro atoms. The van der Waals surface area contributed by atoms with E-state index < -0.39 is 9.84 Å². The Bertz CT molecular complexity index is 1230. The maximum Gasteiger partial charge on any atom is 0.219 e. The number of allylic oxidation sites excluding steroid dienone is 1. The van der Waals surface area contributed by atoms with Gasteiger partial charge >= 0.3 is 0 Å². The van der Waals surface area contributed by atoms with Crippen LogP contribution in [0.15, 0.2) is 87.6 Å². The third-order valence-electron chi connectivity index (χ3n) is 4.41. The molecule has 0 bridgehead atoms. The van der Waals surface area contributed by atoms with Crippen LogP contribution in [0.2, 0.25) is 5.02 Å². The predicted molar refractivity (Wildman–Crippen MR) is 129 cm³/mol. The van der Waals surface area contributed by atoms with Crippen molar-refractivity contribution in [3.8, 4) is 6.07 Å². The van der Waals surface area contributed by atoms with Gasteiger partial charge in [-0.1, -0.05) is 48.0 Å². The first-order valence-electron chi connectivity index (χ1n) is 9.46. The highest BCUT2D eigenvalue weighted by Crippen LogP contribution is 2.32. The summed E-state index contributed by atoms with van der Waals surface area (Å²) in [5.41, 5.74) is 3.76. The van der Waals surface area contributed by atoms with E-state index in [-0.39, 0.29) is 14.8 Å². The maximum absolute atomic E-state index is 13.2. The Hall–Kier alpha value is -2.72.